The fourth-order valence-electron chi connectivity index (χ4n) is 2.46. The van der Waals surface area contributed by atoms with Gasteiger partial charge >= 0.3 is 7.12 Å². The molecule has 0 bridgehead atoms. The molecule has 1 heterocycles. The molecule has 1 atom stereocenters. The molecule has 0 spiro atoms. The van der Waals surface area contributed by atoms with Crippen LogP contribution in [-0.4, -0.2) is 33.2 Å². The Hall–Kier alpha value is -0.0982. The van der Waals surface area contributed by atoms with Crippen LogP contribution in [0.5, 0.6) is 0 Å². The van der Waals surface area contributed by atoms with Gasteiger partial charge < -0.3 is 13.7 Å². The second kappa shape index (κ2) is 7.26. The highest BCUT2D eigenvalue weighted by atomic mass is 28.4. The lowest BCUT2D eigenvalue weighted by Crippen LogP contribution is -2.41. The third kappa shape index (κ3) is 5.20. The first-order chi connectivity index (χ1) is 10.6. The van der Waals surface area contributed by atoms with Gasteiger partial charge in [0, 0.05) is 12.4 Å². The molecule has 140 valence electrons. The summed E-state index contributed by atoms with van der Waals surface area (Å²) in [6.07, 6.45) is 3.20. The molecule has 1 saturated heterocycles. The third-order valence-electron chi connectivity index (χ3n) is 5.89. The van der Waals surface area contributed by atoms with Crippen LogP contribution < -0.4 is 0 Å². The van der Waals surface area contributed by atoms with E-state index in [1.807, 2.05) is 0 Å². The number of rotatable bonds is 6. The van der Waals surface area contributed by atoms with Gasteiger partial charge in [-0.3, -0.25) is 0 Å². The van der Waals surface area contributed by atoms with Crippen LogP contribution in [-0.2, 0) is 13.7 Å². The van der Waals surface area contributed by atoms with Gasteiger partial charge in [-0.1, -0.05) is 32.4 Å². The van der Waals surface area contributed by atoms with E-state index in [0.29, 0.717) is 0 Å². The van der Waals surface area contributed by atoms with E-state index in [1.165, 1.54) is 5.57 Å². The molecule has 0 aliphatic carbocycles. The van der Waals surface area contributed by atoms with Crippen molar-refractivity contribution in [2.75, 3.05) is 6.61 Å². The van der Waals surface area contributed by atoms with Gasteiger partial charge in [-0.25, -0.2) is 0 Å². The fourth-order valence-corrected chi connectivity index (χ4v) is 3.52. The largest absolute Gasteiger partial charge is 0.465 e. The first-order valence-electron chi connectivity index (χ1n) is 9.24. The first-order valence-corrected chi connectivity index (χ1v) is 12.1. The van der Waals surface area contributed by atoms with Crippen LogP contribution in [0.25, 0.3) is 0 Å². The minimum atomic E-state index is -1.71. The number of allylic oxidation sites excluding steroid dienone is 2. The average Bonchev–Trinajstić information content (AvgIpc) is 2.55. The summed E-state index contributed by atoms with van der Waals surface area (Å²) in [5.41, 5.74) is 0.722. The summed E-state index contributed by atoms with van der Waals surface area (Å²) in [7, 11) is -1.91. The topological polar surface area (TPSA) is 27.7 Å². The maximum atomic E-state index is 6.37. The van der Waals surface area contributed by atoms with E-state index in [1.54, 1.807) is 0 Å². The average molecular weight is 354 g/mol. The Bertz CT molecular complexity index is 444. The zero-order valence-corrected chi connectivity index (χ0v) is 18.9. The van der Waals surface area contributed by atoms with Gasteiger partial charge in [-0.2, -0.15) is 0 Å². The molecule has 0 aromatic carbocycles. The standard InChI is InChI=1S/C19H39BO3Si/c1-15(2)14-16(12-13-21-24(10,11)17(3,4)5)20-22-18(6,7)19(8,9)23-20/h14,16H,12-13H2,1-11H3/t16-/m0/s1. The van der Waals surface area contributed by atoms with Crippen molar-refractivity contribution < 1.29 is 13.7 Å². The van der Waals surface area contributed by atoms with E-state index >= 15 is 0 Å². The maximum absolute atomic E-state index is 6.37. The van der Waals surface area contributed by atoms with E-state index in [4.69, 9.17) is 13.7 Å². The molecule has 1 aliphatic rings. The lowest BCUT2D eigenvalue weighted by Gasteiger charge is -2.36. The highest BCUT2D eigenvalue weighted by Crippen LogP contribution is 2.42. The lowest BCUT2D eigenvalue weighted by molar-refractivity contribution is 0.00578. The Labute approximate surface area is 151 Å². The molecule has 1 rings (SSSR count). The van der Waals surface area contributed by atoms with Crippen LogP contribution in [0.2, 0.25) is 23.9 Å². The quantitative estimate of drug-likeness (QED) is 0.444. The molecule has 1 aliphatic heterocycles. The predicted molar refractivity (Wildman–Crippen MR) is 107 cm³/mol. The summed E-state index contributed by atoms with van der Waals surface area (Å²) in [6.45, 7) is 24.9. The summed E-state index contributed by atoms with van der Waals surface area (Å²) in [5.74, 6) is 0.223. The van der Waals surface area contributed by atoms with Crippen LogP contribution in [0.3, 0.4) is 0 Å². The molecule has 1 fully saturated rings. The highest BCUT2D eigenvalue weighted by molar-refractivity contribution is 6.74. The normalized spacial score (nSPS) is 21.7. The number of hydrogen-bond acceptors (Lipinski definition) is 3. The molecular weight excluding hydrogens is 315 g/mol. The van der Waals surface area contributed by atoms with Gasteiger partial charge in [0.25, 0.3) is 0 Å². The van der Waals surface area contributed by atoms with Crippen LogP contribution in [0.1, 0.15) is 68.7 Å². The molecule has 0 N–H and O–H groups in total. The van der Waals surface area contributed by atoms with Gasteiger partial charge in [-0.05, 0) is 66.1 Å². The number of hydrogen-bond donors (Lipinski definition) is 0. The Morgan fingerprint density at radius 3 is 1.92 bits per heavy atom. The Balaban J connectivity index is 2.78. The lowest BCUT2D eigenvalue weighted by atomic mass is 9.69. The van der Waals surface area contributed by atoms with Crippen LogP contribution >= 0.6 is 0 Å². The Morgan fingerprint density at radius 1 is 1.08 bits per heavy atom. The third-order valence-corrected chi connectivity index (χ3v) is 10.4. The maximum Gasteiger partial charge on any atom is 0.465 e. The molecule has 0 aromatic rings. The predicted octanol–water partition coefficient (Wildman–Crippen LogP) is 5.83. The molecule has 24 heavy (non-hydrogen) atoms. The van der Waals surface area contributed by atoms with Crippen molar-refractivity contribution in [3.8, 4) is 0 Å². The minimum absolute atomic E-state index is 0.201. The summed E-state index contributed by atoms with van der Waals surface area (Å²) in [5, 5.41) is 0.239. The molecule has 0 unspecified atom stereocenters. The van der Waals surface area contributed by atoms with Gasteiger partial charge in [0.15, 0.2) is 8.32 Å². The molecular formula is C19H39BO3Si. The SMILES string of the molecule is CC(C)=C[C@H](CCO[Si](C)(C)C(C)(C)C)B1OC(C)(C)C(C)(C)O1. The van der Waals surface area contributed by atoms with Gasteiger partial charge in [0.1, 0.15) is 0 Å². The molecule has 0 radical (unpaired) electrons. The monoisotopic (exact) mass is 354 g/mol. The van der Waals surface area contributed by atoms with E-state index in [-0.39, 0.29) is 29.2 Å². The summed E-state index contributed by atoms with van der Waals surface area (Å²) < 4.78 is 18.9. The minimum Gasteiger partial charge on any atom is -0.417 e. The summed E-state index contributed by atoms with van der Waals surface area (Å²) in [6, 6.07) is 0. The zero-order chi connectivity index (χ0) is 19.0. The van der Waals surface area contributed by atoms with Crippen LogP contribution in [0.15, 0.2) is 11.6 Å². The Kier molecular flexibility index (Phi) is 6.64. The van der Waals surface area contributed by atoms with Crippen molar-refractivity contribution in [1.29, 1.82) is 0 Å². The van der Waals surface area contributed by atoms with Gasteiger partial charge in [0.05, 0.1) is 11.2 Å². The van der Waals surface area contributed by atoms with Crippen LogP contribution in [0, 0.1) is 0 Å². The molecule has 0 aromatic heterocycles. The summed E-state index contributed by atoms with van der Waals surface area (Å²) in [4.78, 5) is 0. The van der Waals surface area contributed by atoms with Crippen molar-refractivity contribution in [3.63, 3.8) is 0 Å². The second-order valence-electron chi connectivity index (χ2n) is 9.93. The van der Waals surface area contributed by atoms with E-state index in [9.17, 15) is 0 Å². The van der Waals surface area contributed by atoms with Gasteiger partial charge in [-0.15, -0.1) is 0 Å². The van der Waals surface area contributed by atoms with Crippen molar-refractivity contribution in [2.24, 2.45) is 0 Å². The van der Waals surface area contributed by atoms with E-state index < -0.39 is 8.32 Å². The summed E-state index contributed by atoms with van der Waals surface area (Å²) >= 11 is 0. The van der Waals surface area contributed by atoms with Crippen molar-refractivity contribution >= 4 is 15.4 Å². The Morgan fingerprint density at radius 2 is 1.54 bits per heavy atom. The van der Waals surface area contributed by atoms with Crippen molar-refractivity contribution in [1.82, 2.24) is 0 Å². The second-order valence-corrected chi connectivity index (χ2v) is 14.7. The zero-order valence-electron chi connectivity index (χ0n) is 17.9. The first kappa shape index (κ1) is 21.9. The fraction of sp³-hybridized carbons (Fsp3) is 0.895. The molecule has 5 heteroatoms. The van der Waals surface area contributed by atoms with Crippen molar-refractivity contribution in [2.45, 2.75) is 104 Å². The molecule has 0 saturated carbocycles. The smallest absolute Gasteiger partial charge is 0.417 e. The van der Waals surface area contributed by atoms with Crippen LogP contribution in [0.4, 0.5) is 0 Å². The van der Waals surface area contributed by atoms with Gasteiger partial charge in [0.2, 0.25) is 0 Å². The molecule has 3 nitrogen and oxygen atoms in total. The highest BCUT2D eigenvalue weighted by Gasteiger charge is 2.53. The van der Waals surface area contributed by atoms with E-state index in [0.717, 1.165) is 13.0 Å². The van der Waals surface area contributed by atoms with E-state index in [2.05, 4.69) is 81.5 Å². The van der Waals surface area contributed by atoms with Crippen molar-refractivity contribution in [3.05, 3.63) is 11.6 Å². The molecule has 0 amide bonds.